The molecule has 0 saturated heterocycles. The smallest absolute Gasteiger partial charge is 0.361 e. The van der Waals surface area contributed by atoms with Crippen LogP contribution in [0, 0.1) is 6.92 Å². The van der Waals surface area contributed by atoms with Gasteiger partial charge < -0.3 is 19.3 Å². The van der Waals surface area contributed by atoms with E-state index in [0.29, 0.717) is 30.2 Å². The van der Waals surface area contributed by atoms with Crippen LogP contribution in [-0.2, 0) is 11.2 Å². The number of aromatic nitrogens is 3. The van der Waals surface area contributed by atoms with Crippen molar-refractivity contribution in [1.29, 1.82) is 0 Å². The van der Waals surface area contributed by atoms with Crippen molar-refractivity contribution < 1.29 is 18.8 Å². The van der Waals surface area contributed by atoms with Gasteiger partial charge in [-0.25, -0.2) is 9.78 Å². The largest absolute Gasteiger partial charge is 0.494 e. The summed E-state index contributed by atoms with van der Waals surface area (Å²) in [6.45, 7) is 6.96. The molecule has 27 heavy (non-hydrogen) atoms. The molecule has 0 atom stereocenters. The van der Waals surface area contributed by atoms with Crippen LogP contribution in [0.25, 0.3) is 11.1 Å². The molecule has 8 heteroatoms. The van der Waals surface area contributed by atoms with Gasteiger partial charge in [0.05, 0.1) is 13.2 Å². The van der Waals surface area contributed by atoms with E-state index in [0.717, 1.165) is 17.7 Å². The predicted octanol–water partition coefficient (Wildman–Crippen LogP) is 3.16. The van der Waals surface area contributed by atoms with Gasteiger partial charge in [0, 0.05) is 6.54 Å². The number of fused-ring (bicyclic) bond motifs is 1. The molecule has 1 aromatic carbocycles. The number of ether oxygens (including phenoxy) is 2. The highest BCUT2D eigenvalue weighted by Crippen LogP contribution is 2.25. The first-order chi connectivity index (χ1) is 13.1. The Kier molecular flexibility index (Phi) is 5.85. The van der Waals surface area contributed by atoms with E-state index in [9.17, 15) is 4.79 Å². The molecule has 0 aliphatic heterocycles. The molecule has 3 rings (SSSR count). The van der Waals surface area contributed by atoms with Crippen LogP contribution >= 0.6 is 0 Å². The van der Waals surface area contributed by atoms with Crippen LogP contribution < -0.4 is 10.1 Å². The van der Waals surface area contributed by atoms with E-state index in [-0.39, 0.29) is 18.0 Å². The summed E-state index contributed by atoms with van der Waals surface area (Å²) in [5.74, 6) is 1.33. The molecule has 142 valence electrons. The molecule has 1 N–H and O–H groups in total. The molecule has 0 fully saturated rings. The van der Waals surface area contributed by atoms with Crippen molar-refractivity contribution in [3.8, 4) is 5.75 Å². The summed E-state index contributed by atoms with van der Waals surface area (Å²) in [6.07, 6.45) is 0.775. The average molecular weight is 370 g/mol. The molecule has 0 amide bonds. The van der Waals surface area contributed by atoms with Crippen molar-refractivity contribution in [3.05, 3.63) is 41.3 Å². The number of anilines is 1. The molecule has 0 spiro atoms. The van der Waals surface area contributed by atoms with Gasteiger partial charge in [-0.15, -0.1) is 0 Å². The summed E-state index contributed by atoms with van der Waals surface area (Å²) < 4.78 is 15.7. The van der Waals surface area contributed by atoms with Gasteiger partial charge in [0.15, 0.2) is 0 Å². The topological polar surface area (TPSA) is 99.4 Å². The van der Waals surface area contributed by atoms with Crippen molar-refractivity contribution >= 4 is 22.9 Å². The number of rotatable bonds is 8. The Morgan fingerprint density at radius 2 is 1.93 bits per heavy atom. The average Bonchev–Trinajstić information content (AvgIpc) is 3.07. The first-order valence-corrected chi connectivity index (χ1v) is 8.89. The van der Waals surface area contributed by atoms with Crippen LogP contribution in [0.15, 0.2) is 28.8 Å². The number of aryl methyl sites for hydroxylation is 1. The molecule has 0 saturated carbocycles. The molecule has 8 nitrogen and oxygen atoms in total. The summed E-state index contributed by atoms with van der Waals surface area (Å²) in [6, 6.07) is 7.95. The van der Waals surface area contributed by atoms with Gasteiger partial charge in [-0.1, -0.05) is 17.3 Å². The summed E-state index contributed by atoms with van der Waals surface area (Å²) >= 11 is 0. The molecule has 0 aliphatic carbocycles. The number of carbonyl (C=O) groups is 1. The number of hydrogen-bond donors (Lipinski definition) is 1. The fraction of sp³-hybridized carbons (Fsp3) is 0.368. The fourth-order valence-electron chi connectivity index (χ4n) is 2.67. The van der Waals surface area contributed by atoms with Crippen LogP contribution in [0.1, 0.15) is 35.7 Å². The first-order valence-electron chi connectivity index (χ1n) is 8.89. The van der Waals surface area contributed by atoms with Gasteiger partial charge in [-0.2, -0.15) is 4.98 Å². The second kappa shape index (κ2) is 8.48. The SMILES string of the molecule is CCOC(=O)c1noc2nc(C)nc(NCCc3ccc(OCC)cc3)c12. The molecular weight excluding hydrogens is 348 g/mol. The van der Waals surface area contributed by atoms with E-state index in [1.54, 1.807) is 13.8 Å². The summed E-state index contributed by atoms with van der Waals surface area (Å²) in [4.78, 5) is 20.7. The van der Waals surface area contributed by atoms with E-state index < -0.39 is 5.97 Å². The maximum Gasteiger partial charge on any atom is 0.361 e. The van der Waals surface area contributed by atoms with Crippen LogP contribution in [0.3, 0.4) is 0 Å². The number of carbonyl (C=O) groups excluding carboxylic acids is 1. The van der Waals surface area contributed by atoms with Gasteiger partial charge in [0.25, 0.3) is 5.71 Å². The number of nitrogens with one attached hydrogen (secondary N) is 1. The Bertz CT molecular complexity index is 921. The second-order valence-corrected chi connectivity index (χ2v) is 5.80. The summed E-state index contributed by atoms with van der Waals surface area (Å²) in [7, 11) is 0. The van der Waals surface area contributed by atoms with Gasteiger partial charge in [-0.05, 0) is 44.9 Å². The van der Waals surface area contributed by atoms with Crippen LogP contribution in [0.4, 0.5) is 5.82 Å². The number of nitrogens with zero attached hydrogens (tertiary/aromatic N) is 3. The van der Waals surface area contributed by atoms with Crippen molar-refractivity contribution in [3.63, 3.8) is 0 Å². The standard InChI is InChI=1S/C19H22N4O4/c1-4-25-14-8-6-13(7-9-14)10-11-20-17-15-16(19(24)26-5-2)23-27-18(15)22-12(3)21-17/h6-9H,4-5,10-11H2,1-3H3,(H,20,21,22). The van der Waals surface area contributed by atoms with E-state index in [4.69, 9.17) is 14.0 Å². The Hall–Kier alpha value is -3.16. The van der Waals surface area contributed by atoms with Crippen molar-refractivity contribution in [2.24, 2.45) is 0 Å². The van der Waals surface area contributed by atoms with Gasteiger partial charge >= 0.3 is 5.97 Å². The van der Waals surface area contributed by atoms with Gasteiger partial charge in [-0.3, -0.25) is 0 Å². The molecule has 0 radical (unpaired) electrons. The molecular formula is C19H22N4O4. The fourth-order valence-corrected chi connectivity index (χ4v) is 2.67. The lowest BCUT2D eigenvalue weighted by Gasteiger charge is -2.08. The highest BCUT2D eigenvalue weighted by Gasteiger charge is 2.22. The third kappa shape index (κ3) is 4.33. The predicted molar refractivity (Wildman–Crippen MR) is 100 cm³/mol. The Labute approximate surface area is 156 Å². The number of esters is 1. The normalized spacial score (nSPS) is 10.8. The minimum absolute atomic E-state index is 0.0791. The summed E-state index contributed by atoms with van der Waals surface area (Å²) in [5.41, 5.74) is 1.49. The van der Waals surface area contributed by atoms with Crippen molar-refractivity contribution in [1.82, 2.24) is 15.1 Å². The Morgan fingerprint density at radius 1 is 1.15 bits per heavy atom. The van der Waals surface area contributed by atoms with Gasteiger partial charge in [0.2, 0.25) is 5.69 Å². The third-order valence-corrected chi connectivity index (χ3v) is 3.86. The van der Waals surface area contributed by atoms with Gasteiger partial charge in [0.1, 0.15) is 22.8 Å². The van der Waals surface area contributed by atoms with Crippen LogP contribution in [0.2, 0.25) is 0 Å². The highest BCUT2D eigenvalue weighted by molar-refractivity contribution is 6.04. The van der Waals surface area contributed by atoms with Crippen molar-refractivity contribution in [2.45, 2.75) is 27.2 Å². The van der Waals surface area contributed by atoms with Crippen LogP contribution in [-0.4, -0.2) is 40.9 Å². The van der Waals surface area contributed by atoms with E-state index in [1.807, 2.05) is 31.2 Å². The molecule has 2 aromatic heterocycles. The Balaban J connectivity index is 1.75. The monoisotopic (exact) mass is 370 g/mol. The molecule has 0 unspecified atom stereocenters. The van der Waals surface area contributed by atoms with E-state index in [2.05, 4.69) is 20.4 Å². The maximum atomic E-state index is 12.1. The zero-order valence-electron chi connectivity index (χ0n) is 15.6. The Morgan fingerprint density at radius 3 is 2.63 bits per heavy atom. The lowest BCUT2D eigenvalue weighted by molar-refractivity contribution is 0.0517. The molecule has 3 aromatic rings. The lowest BCUT2D eigenvalue weighted by atomic mass is 10.1. The van der Waals surface area contributed by atoms with Crippen molar-refractivity contribution in [2.75, 3.05) is 25.1 Å². The molecule has 0 aliphatic rings. The minimum Gasteiger partial charge on any atom is -0.494 e. The third-order valence-electron chi connectivity index (χ3n) is 3.86. The zero-order chi connectivity index (χ0) is 19.2. The maximum absolute atomic E-state index is 12.1. The first kappa shape index (κ1) is 18.6. The molecule has 2 heterocycles. The quantitative estimate of drug-likeness (QED) is 0.604. The van der Waals surface area contributed by atoms with Crippen LogP contribution in [0.5, 0.6) is 5.75 Å². The van der Waals surface area contributed by atoms with E-state index >= 15 is 0 Å². The lowest BCUT2D eigenvalue weighted by Crippen LogP contribution is -2.10. The second-order valence-electron chi connectivity index (χ2n) is 5.80. The number of hydrogen-bond acceptors (Lipinski definition) is 8. The molecule has 0 bridgehead atoms. The number of benzene rings is 1. The summed E-state index contributed by atoms with van der Waals surface area (Å²) in [5, 5.41) is 7.49. The van der Waals surface area contributed by atoms with E-state index in [1.165, 1.54) is 0 Å². The minimum atomic E-state index is -0.557. The zero-order valence-corrected chi connectivity index (χ0v) is 15.6. The highest BCUT2D eigenvalue weighted by atomic mass is 16.5.